The van der Waals surface area contributed by atoms with Gasteiger partial charge in [-0.25, -0.2) is 12.7 Å². The topological polar surface area (TPSA) is 66.5 Å². The number of amides is 1. The van der Waals surface area contributed by atoms with Crippen molar-refractivity contribution in [3.63, 3.8) is 0 Å². The number of hydrogen-bond donors (Lipinski definition) is 1. The van der Waals surface area contributed by atoms with Crippen LogP contribution < -0.4 is 5.32 Å². The predicted molar refractivity (Wildman–Crippen MR) is 97.0 cm³/mol. The van der Waals surface area contributed by atoms with Gasteiger partial charge in [0.1, 0.15) is 4.90 Å². The lowest BCUT2D eigenvalue weighted by Gasteiger charge is -2.15. The lowest BCUT2D eigenvalue weighted by Crippen LogP contribution is -2.24. The van der Waals surface area contributed by atoms with Crippen molar-refractivity contribution in [1.82, 2.24) is 4.31 Å². The third-order valence-corrected chi connectivity index (χ3v) is 6.36. The highest BCUT2D eigenvalue weighted by atomic mass is 79.9. The Kier molecular flexibility index (Phi) is 5.74. The second-order valence-electron chi connectivity index (χ2n) is 4.75. The highest BCUT2D eigenvalue weighted by Crippen LogP contribution is 2.24. The van der Waals surface area contributed by atoms with Gasteiger partial charge in [-0.3, -0.25) is 4.79 Å². The van der Waals surface area contributed by atoms with E-state index in [1.807, 2.05) is 12.1 Å². The molecule has 0 aliphatic rings. The number of benzene rings is 1. The quantitative estimate of drug-likeness (QED) is 0.762. The third kappa shape index (κ3) is 4.51. The molecule has 0 atom stereocenters. The maximum Gasteiger partial charge on any atom is 0.248 e. The summed E-state index contributed by atoms with van der Waals surface area (Å²) in [5.74, 6) is -0.393. The van der Waals surface area contributed by atoms with Gasteiger partial charge in [-0.2, -0.15) is 0 Å². The van der Waals surface area contributed by atoms with E-state index in [1.54, 1.807) is 24.3 Å². The predicted octanol–water partition coefficient (Wildman–Crippen LogP) is 3.41. The van der Waals surface area contributed by atoms with Crippen LogP contribution in [-0.4, -0.2) is 32.7 Å². The summed E-state index contributed by atoms with van der Waals surface area (Å²) in [6, 6.07) is 10.1. The number of rotatable bonds is 5. The van der Waals surface area contributed by atoms with Crippen LogP contribution in [0.4, 0.5) is 5.69 Å². The monoisotopic (exact) mass is 414 g/mol. The molecule has 0 saturated heterocycles. The smallest absolute Gasteiger partial charge is 0.248 e. The molecule has 2 aromatic rings. The maximum absolute atomic E-state index is 12.3. The molecule has 1 aromatic carbocycles. The van der Waals surface area contributed by atoms with E-state index in [0.717, 1.165) is 13.0 Å². The first-order valence-electron chi connectivity index (χ1n) is 6.56. The minimum absolute atomic E-state index is 0.0608. The van der Waals surface area contributed by atoms with Crippen molar-refractivity contribution in [3.8, 4) is 0 Å². The highest BCUT2D eigenvalue weighted by molar-refractivity contribution is 9.11. The van der Waals surface area contributed by atoms with Crippen LogP contribution in [0.25, 0.3) is 6.08 Å². The van der Waals surface area contributed by atoms with Gasteiger partial charge in [-0.15, -0.1) is 11.3 Å². The Morgan fingerprint density at radius 1 is 1.22 bits per heavy atom. The fourth-order valence-corrected chi connectivity index (χ4v) is 4.11. The van der Waals surface area contributed by atoms with Gasteiger partial charge in [0.2, 0.25) is 15.9 Å². The molecule has 0 bridgehead atoms. The number of nitrogens with one attached hydrogen (secondary N) is 1. The molecular weight excluding hydrogens is 400 g/mol. The molecule has 122 valence electrons. The average molecular weight is 415 g/mol. The fourth-order valence-electron chi connectivity index (χ4n) is 1.74. The Morgan fingerprint density at radius 3 is 2.52 bits per heavy atom. The SMILES string of the molecule is CN(C)S(=O)(=O)c1ccccc1NC(=O)/C=C/c1ccc(Br)s1. The Morgan fingerprint density at radius 2 is 1.91 bits per heavy atom. The maximum atomic E-state index is 12.3. The highest BCUT2D eigenvalue weighted by Gasteiger charge is 2.21. The van der Waals surface area contributed by atoms with Crippen molar-refractivity contribution >= 4 is 55.0 Å². The Balaban J connectivity index is 2.21. The number of halogens is 1. The zero-order valence-electron chi connectivity index (χ0n) is 12.5. The van der Waals surface area contributed by atoms with E-state index in [1.165, 1.54) is 37.6 Å². The summed E-state index contributed by atoms with van der Waals surface area (Å²) >= 11 is 4.85. The molecule has 2 rings (SSSR count). The third-order valence-electron chi connectivity index (χ3n) is 2.90. The van der Waals surface area contributed by atoms with E-state index in [0.29, 0.717) is 0 Å². The summed E-state index contributed by atoms with van der Waals surface area (Å²) in [5, 5.41) is 2.61. The molecule has 0 unspecified atom stereocenters. The molecule has 0 fully saturated rings. The molecule has 1 N–H and O–H groups in total. The largest absolute Gasteiger partial charge is 0.321 e. The molecule has 0 aliphatic heterocycles. The number of carbonyl (C=O) groups is 1. The molecule has 0 spiro atoms. The summed E-state index contributed by atoms with van der Waals surface area (Å²) in [7, 11) is -0.733. The van der Waals surface area contributed by atoms with Crippen LogP contribution in [0.15, 0.2) is 51.2 Å². The molecule has 1 aromatic heterocycles. The lowest BCUT2D eigenvalue weighted by molar-refractivity contribution is -0.111. The van der Waals surface area contributed by atoms with Gasteiger partial charge in [0, 0.05) is 25.0 Å². The number of thiophene rings is 1. The van der Waals surface area contributed by atoms with Gasteiger partial charge in [0.25, 0.3) is 0 Å². The van der Waals surface area contributed by atoms with Crippen molar-refractivity contribution < 1.29 is 13.2 Å². The van der Waals surface area contributed by atoms with Gasteiger partial charge in [0.05, 0.1) is 9.47 Å². The summed E-state index contributed by atoms with van der Waals surface area (Å²) < 4.78 is 26.6. The van der Waals surface area contributed by atoms with Crippen molar-refractivity contribution in [2.45, 2.75) is 4.90 Å². The molecule has 0 aliphatic carbocycles. The van der Waals surface area contributed by atoms with Crippen molar-refractivity contribution in [1.29, 1.82) is 0 Å². The average Bonchev–Trinajstić information content (AvgIpc) is 2.91. The molecule has 0 radical (unpaired) electrons. The number of hydrogen-bond acceptors (Lipinski definition) is 4. The molecule has 1 heterocycles. The van der Waals surface area contributed by atoms with Crippen LogP contribution in [0, 0.1) is 0 Å². The van der Waals surface area contributed by atoms with Crippen molar-refractivity contribution in [2.75, 3.05) is 19.4 Å². The Labute approximate surface area is 147 Å². The summed E-state index contributed by atoms with van der Waals surface area (Å²) in [6.07, 6.45) is 3.05. The number of carbonyl (C=O) groups excluding carboxylic acids is 1. The molecule has 0 saturated carbocycles. The minimum atomic E-state index is -3.63. The van der Waals surface area contributed by atoms with Crippen LogP contribution in [0.5, 0.6) is 0 Å². The molecule has 8 heteroatoms. The Bertz CT molecular complexity index is 842. The summed E-state index contributed by atoms with van der Waals surface area (Å²) in [5.41, 5.74) is 0.253. The summed E-state index contributed by atoms with van der Waals surface area (Å²) in [6.45, 7) is 0. The summed E-state index contributed by atoms with van der Waals surface area (Å²) in [4.78, 5) is 13.0. The lowest BCUT2D eigenvalue weighted by atomic mass is 10.3. The van der Waals surface area contributed by atoms with Crippen LogP contribution in [-0.2, 0) is 14.8 Å². The van der Waals surface area contributed by atoms with Gasteiger partial charge in [-0.1, -0.05) is 12.1 Å². The number of nitrogens with zero attached hydrogens (tertiary/aromatic N) is 1. The molecule has 1 amide bonds. The number of para-hydroxylation sites is 1. The van der Waals surface area contributed by atoms with Gasteiger partial charge in [-0.05, 0) is 46.3 Å². The van der Waals surface area contributed by atoms with Crippen LogP contribution in [0.3, 0.4) is 0 Å². The van der Waals surface area contributed by atoms with Gasteiger partial charge >= 0.3 is 0 Å². The second kappa shape index (κ2) is 7.39. The van der Waals surface area contributed by atoms with E-state index < -0.39 is 15.9 Å². The van der Waals surface area contributed by atoms with E-state index in [2.05, 4.69) is 21.2 Å². The first-order valence-corrected chi connectivity index (χ1v) is 9.61. The van der Waals surface area contributed by atoms with Gasteiger partial charge in [0.15, 0.2) is 0 Å². The zero-order chi connectivity index (χ0) is 17.0. The zero-order valence-corrected chi connectivity index (χ0v) is 15.7. The molecular formula is C15H15BrN2O3S2. The van der Waals surface area contributed by atoms with Crippen molar-refractivity contribution in [2.24, 2.45) is 0 Å². The minimum Gasteiger partial charge on any atom is -0.321 e. The fraction of sp³-hybridized carbons (Fsp3) is 0.133. The second-order valence-corrected chi connectivity index (χ2v) is 9.36. The first-order chi connectivity index (χ1) is 10.8. The number of sulfonamides is 1. The normalized spacial score (nSPS) is 12.0. The van der Waals surface area contributed by atoms with Crippen molar-refractivity contribution in [3.05, 3.63) is 51.1 Å². The van der Waals surface area contributed by atoms with Crippen LogP contribution in [0.1, 0.15) is 4.88 Å². The van der Waals surface area contributed by atoms with E-state index in [-0.39, 0.29) is 10.6 Å². The van der Waals surface area contributed by atoms with E-state index >= 15 is 0 Å². The van der Waals surface area contributed by atoms with E-state index in [9.17, 15) is 13.2 Å². The standard InChI is InChI=1S/C15H15BrN2O3S2/c1-18(2)23(20,21)13-6-4-3-5-12(13)17-15(19)10-8-11-7-9-14(16)22-11/h3-10H,1-2H3,(H,17,19)/b10-8+. The molecule has 23 heavy (non-hydrogen) atoms. The van der Waals surface area contributed by atoms with Gasteiger partial charge < -0.3 is 5.32 Å². The molecule has 5 nitrogen and oxygen atoms in total. The Hall–Kier alpha value is -1.48. The van der Waals surface area contributed by atoms with Crippen LogP contribution >= 0.6 is 27.3 Å². The first kappa shape index (κ1) is 17.9. The van der Waals surface area contributed by atoms with Crippen LogP contribution in [0.2, 0.25) is 0 Å². The number of anilines is 1. The van der Waals surface area contributed by atoms with E-state index in [4.69, 9.17) is 0 Å².